The quantitative estimate of drug-likeness (QED) is 0.728. The standard InChI is InChI=1S/C19H24N2O.ClH/c1-20-14-8-13-19(22)21-15-18(16-9-4-2-5-10-16)17-11-6-3-7-12-17;/h2-7,9-12,18,20H,8,13-15H2,1H3,(H,21,22);1H. The van der Waals surface area contributed by atoms with Gasteiger partial charge in [-0.15, -0.1) is 12.4 Å². The third kappa shape index (κ3) is 6.43. The van der Waals surface area contributed by atoms with Gasteiger partial charge in [0.2, 0.25) is 5.91 Å². The van der Waals surface area contributed by atoms with E-state index in [-0.39, 0.29) is 24.2 Å². The molecule has 0 fully saturated rings. The topological polar surface area (TPSA) is 41.1 Å². The molecule has 0 aliphatic heterocycles. The van der Waals surface area contributed by atoms with E-state index in [1.807, 2.05) is 43.4 Å². The molecule has 2 N–H and O–H groups in total. The molecule has 0 aliphatic rings. The number of carbonyl (C=O) groups is 1. The molecule has 0 bridgehead atoms. The molecule has 4 heteroatoms. The lowest BCUT2D eigenvalue weighted by Gasteiger charge is -2.19. The van der Waals surface area contributed by atoms with E-state index in [1.165, 1.54) is 11.1 Å². The lowest BCUT2D eigenvalue weighted by molar-refractivity contribution is -0.121. The maximum absolute atomic E-state index is 11.9. The van der Waals surface area contributed by atoms with Crippen molar-refractivity contribution in [3.05, 3.63) is 71.8 Å². The molecular weight excluding hydrogens is 308 g/mol. The van der Waals surface area contributed by atoms with Crippen LogP contribution in [0.3, 0.4) is 0 Å². The molecule has 0 aromatic heterocycles. The van der Waals surface area contributed by atoms with Gasteiger partial charge in [-0.3, -0.25) is 4.79 Å². The highest BCUT2D eigenvalue weighted by atomic mass is 35.5. The summed E-state index contributed by atoms with van der Waals surface area (Å²) < 4.78 is 0. The predicted molar refractivity (Wildman–Crippen MR) is 98.1 cm³/mol. The van der Waals surface area contributed by atoms with Crippen molar-refractivity contribution in [3.63, 3.8) is 0 Å². The van der Waals surface area contributed by atoms with E-state index in [9.17, 15) is 4.79 Å². The van der Waals surface area contributed by atoms with Crippen LogP contribution in [0.4, 0.5) is 0 Å². The zero-order valence-electron chi connectivity index (χ0n) is 13.5. The van der Waals surface area contributed by atoms with Crippen molar-refractivity contribution in [2.45, 2.75) is 18.8 Å². The van der Waals surface area contributed by atoms with Gasteiger partial charge in [-0.1, -0.05) is 60.7 Å². The lowest BCUT2D eigenvalue weighted by atomic mass is 9.91. The average molecular weight is 333 g/mol. The van der Waals surface area contributed by atoms with E-state index in [0.29, 0.717) is 13.0 Å². The van der Waals surface area contributed by atoms with Crippen LogP contribution < -0.4 is 10.6 Å². The van der Waals surface area contributed by atoms with Gasteiger partial charge in [-0.2, -0.15) is 0 Å². The molecule has 3 nitrogen and oxygen atoms in total. The largest absolute Gasteiger partial charge is 0.355 e. The lowest BCUT2D eigenvalue weighted by Crippen LogP contribution is -2.29. The molecule has 0 unspecified atom stereocenters. The Balaban J connectivity index is 0.00000264. The van der Waals surface area contributed by atoms with Crippen LogP contribution in [-0.4, -0.2) is 26.0 Å². The molecule has 0 spiro atoms. The second kappa shape index (κ2) is 10.8. The predicted octanol–water partition coefficient (Wildman–Crippen LogP) is 3.36. The van der Waals surface area contributed by atoms with Crippen molar-refractivity contribution in [1.29, 1.82) is 0 Å². The Morgan fingerprint density at radius 3 is 1.96 bits per heavy atom. The van der Waals surface area contributed by atoms with Gasteiger partial charge in [0.15, 0.2) is 0 Å². The molecule has 0 heterocycles. The SMILES string of the molecule is CNCCCC(=O)NCC(c1ccccc1)c1ccccc1.Cl. The Morgan fingerprint density at radius 1 is 0.957 bits per heavy atom. The molecular formula is C19H25ClN2O. The zero-order chi connectivity index (χ0) is 15.6. The number of amides is 1. The van der Waals surface area contributed by atoms with Crippen LogP contribution in [0.5, 0.6) is 0 Å². The smallest absolute Gasteiger partial charge is 0.220 e. The summed E-state index contributed by atoms with van der Waals surface area (Å²) in [6.45, 7) is 1.50. The number of hydrogen-bond donors (Lipinski definition) is 2. The number of hydrogen-bond acceptors (Lipinski definition) is 2. The van der Waals surface area contributed by atoms with E-state index >= 15 is 0 Å². The van der Waals surface area contributed by atoms with Crippen LogP contribution in [0.25, 0.3) is 0 Å². The van der Waals surface area contributed by atoms with Gasteiger partial charge < -0.3 is 10.6 Å². The fraction of sp³-hybridized carbons (Fsp3) is 0.316. The molecule has 2 aromatic rings. The van der Waals surface area contributed by atoms with E-state index in [1.54, 1.807) is 0 Å². The number of benzene rings is 2. The summed E-state index contributed by atoms with van der Waals surface area (Å²) in [5.74, 6) is 0.308. The van der Waals surface area contributed by atoms with Gasteiger partial charge in [-0.25, -0.2) is 0 Å². The van der Waals surface area contributed by atoms with E-state index in [0.717, 1.165) is 13.0 Å². The normalized spacial score (nSPS) is 10.2. The minimum Gasteiger partial charge on any atom is -0.355 e. The van der Waals surface area contributed by atoms with Crippen LogP contribution >= 0.6 is 12.4 Å². The summed E-state index contributed by atoms with van der Waals surface area (Å²) in [6, 6.07) is 20.7. The summed E-state index contributed by atoms with van der Waals surface area (Å²) in [6.07, 6.45) is 1.43. The number of rotatable bonds is 8. The Bertz CT molecular complexity index is 521. The third-order valence-electron chi connectivity index (χ3n) is 3.74. The van der Waals surface area contributed by atoms with E-state index in [2.05, 4.69) is 34.9 Å². The summed E-state index contributed by atoms with van der Waals surface area (Å²) >= 11 is 0. The summed E-state index contributed by atoms with van der Waals surface area (Å²) in [5.41, 5.74) is 2.45. The Kier molecular flexibility index (Phi) is 9.03. The molecule has 23 heavy (non-hydrogen) atoms. The fourth-order valence-corrected chi connectivity index (χ4v) is 2.53. The first-order valence-electron chi connectivity index (χ1n) is 7.82. The van der Waals surface area contributed by atoms with Gasteiger partial charge >= 0.3 is 0 Å². The Labute approximate surface area is 144 Å². The first-order valence-corrected chi connectivity index (χ1v) is 7.82. The fourth-order valence-electron chi connectivity index (χ4n) is 2.53. The van der Waals surface area contributed by atoms with Crippen molar-refractivity contribution < 1.29 is 4.79 Å². The highest BCUT2D eigenvalue weighted by Gasteiger charge is 2.14. The van der Waals surface area contributed by atoms with Crippen molar-refractivity contribution in [3.8, 4) is 0 Å². The van der Waals surface area contributed by atoms with Gasteiger partial charge in [0.05, 0.1) is 0 Å². The Hall–Kier alpha value is -1.84. The molecule has 0 radical (unpaired) electrons. The minimum absolute atomic E-state index is 0. The summed E-state index contributed by atoms with van der Waals surface area (Å²) in [5, 5.41) is 6.13. The van der Waals surface area contributed by atoms with E-state index < -0.39 is 0 Å². The molecule has 2 aromatic carbocycles. The van der Waals surface area contributed by atoms with Crippen molar-refractivity contribution in [2.24, 2.45) is 0 Å². The van der Waals surface area contributed by atoms with Crippen LogP contribution in [0.15, 0.2) is 60.7 Å². The van der Waals surface area contributed by atoms with Gasteiger partial charge in [0, 0.05) is 18.9 Å². The number of carbonyl (C=O) groups excluding carboxylic acids is 1. The Morgan fingerprint density at radius 2 is 1.48 bits per heavy atom. The molecule has 0 aliphatic carbocycles. The van der Waals surface area contributed by atoms with Crippen LogP contribution in [0.1, 0.15) is 29.9 Å². The molecule has 2 rings (SSSR count). The first-order chi connectivity index (χ1) is 10.8. The maximum Gasteiger partial charge on any atom is 0.220 e. The highest BCUT2D eigenvalue weighted by molar-refractivity contribution is 5.85. The summed E-state index contributed by atoms with van der Waals surface area (Å²) in [7, 11) is 1.90. The van der Waals surface area contributed by atoms with Crippen LogP contribution in [-0.2, 0) is 4.79 Å². The second-order valence-corrected chi connectivity index (χ2v) is 5.39. The molecule has 0 saturated heterocycles. The van der Waals surface area contributed by atoms with Crippen molar-refractivity contribution in [1.82, 2.24) is 10.6 Å². The first kappa shape index (κ1) is 19.2. The number of nitrogens with one attached hydrogen (secondary N) is 2. The second-order valence-electron chi connectivity index (χ2n) is 5.39. The van der Waals surface area contributed by atoms with Crippen molar-refractivity contribution >= 4 is 18.3 Å². The minimum atomic E-state index is 0. The molecule has 0 saturated carbocycles. The monoisotopic (exact) mass is 332 g/mol. The van der Waals surface area contributed by atoms with Crippen LogP contribution in [0, 0.1) is 0 Å². The summed E-state index contributed by atoms with van der Waals surface area (Å²) in [4.78, 5) is 11.9. The van der Waals surface area contributed by atoms with Crippen molar-refractivity contribution in [2.75, 3.05) is 20.1 Å². The molecule has 0 atom stereocenters. The van der Waals surface area contributed by atoms with Gasteiger partial charge in [-0.05, 0) is 31.1 Å². The number of halogens is 1. The van der Waals surface area contributed by atoms with Gasteiger partial charge in [0.25, 0.3) is 0 Å². The third-order valence-corrected chi connectivity index (χ3v) is 3.74. The molecule has 124 valence electrons. The maximum atomic E-state index is 11.9. The molecule has 1 amide bonds. The zero-order valence-corrected chi connectivity index (χ0v) is 14.3. The van der Waals surface area contributed by atoms with E-state index in [4.69, 9.17) is 0 Å². The average Bonchev–Trinajstić information content (AvgIpc) is 2.57. The van der Waals surface area contributed by atoms with Crippen LogP contribution in [0.2, 0.25) is 0 Å². The van der Waals surface area contributed by atoms with Gasteiger partial charge in [0.1, 0.15) is 0 Å². The highest BCUT2D eigenvalue weighted by Crippen LogP contribution is 2.23.